The van der Waals surface area contributed by atoms with Crippen molar-refractivity contribution >= 4 is 35.2 Å². The number of imide groups is 1. The van der Waals surface area contributed by atoms with E-state index in [0.717, 1.165) is 27.9 Å². The Morgan fingerprint density at radius 3 is 1.98 bits per heavy atom. The fraction of sp³-hybridized carbons (Fsp3) is 0.171. The van der Waals surface area contributed by atoms with Crippen molar-refractivity contribution < 1.29 is 19.1 Å². The van der Waals surface area contributed by atoms with Crippen molar-refractivity contribution in [3.63, 3.8) is 0 Å². The monoisotopic (exact) mass is 540 g/mol. The summed E-state index contributed by atoms with van der Waals surface area (Å²) < 4.78 is 6.33. The number of hydrogen-bond acceptors (Lipinski definition) is 5. The van der Waals surface area contributed by atoms with E-state index in [0.29, 0.717) is 5.69 Å². The number of fused-ring (bicyclic) bond motifs is 5. The minimum Gasteiger partial charge on any atom is -0.451 e. The summed E-state index contributed by atoms with van der Waals surface area (Å²) in [6.07, 6.45) is 3.26. The van der Waals surface area contributed by atoms with Gasteiger partial charge in [0.05, 0.1) is 23.6 Å². The molecule has 0 aliphatic carbocycles. The van der Waals surface area contributed by atoms with E-state index in [1.807, 2.05) is 121 Å². The fourth-order valence-electron chi connectivity index (χ4n) is 6.50. The minimum absolute atomic E-state index is 0.291. The Morgan fingerprint density at radius 2 is 1.32 bits per heavy atom. The molecule has 2 fully saturated rings. The number of rotatable bonds is 5. The lowest BCUT2D eigenvalue weighted by Crippen LogP contribution is -2.49. The Kier molecular flexibility index (Phi) is 6.04. The molecule has 0 N–H and O–H groups in total. The topological polar surface area (TPSA) is 66.9 Å². The number of carbonyl (C=O) groups is 3. The highest BCUT2D eigenvalue weighted by Gasteiger charge is 2.65. The van der Waals surface area contributed by atoms with Crippen LogP contribution in [-0.2, 0) is 19.1 Å². The number of esters is 1. The summed E-state index contributed by atoms with van der Waals surface area (Å²) in [6, 6.07) is 32.8. The molecular weight excluding hydrogens is 512 g/mol. The number of benzene rings is 4. The largest absolute Gasteiger partial charge is 0.451 e. The van der Waals surface area contributed by atoms with Gasteiger partial charge < -0.3 is 9.64 Å². The first-order valence-electron chi connectivity index (χ1n) is 13.8. The third kappa shape index (κ3) is 4.06. The van der Waals surface area contributed by atoms with Gasteiger partial charge in [0.1, 0.15) is 6.04 Å². The van der Waals surface area contributed by atoms with E-state index in [-0.39, 0.29) is 11.8 Å². The third-order valence-corrected chi connectivity index (χ3v) is 8.39. The number of amides is 2. The molecule has 0 saturated carbocycles. The van der Waals surface area contributed by atoms with Crippen molar-refractivity contribution in [2.75, 3.05) is 9.80 Å². The second-order valence-electron chi connectivity index (χ2n) is 10.8. The molecule has 0 radical (unpaired) electrons. The van der Waals surface area contributed by atoms with Crippen LogP contribution in [0.4, 0.5) is 11.4 Å². The van der Waals surface area contributed by atoms with Crippen LogP contribution >= 0.6 is 0 Å². The molecule has 0 unspecified atom stereocenters. The molecule has 3 aliphatic rings. The van der Waals surface area contributed by atoms with E-state index in [2.05, 4.69) is 0 Å². The second kappa shape index (κ2) is 9.89. The second-order valence-corrected chi connectivity index (χ2v) is 10.8. The SMILES string of the molecule is Cc1ccc(N2C(=O)[C@@H]3[C@H](C2=O)[C@H]2C=Cc4ccccc4N2[C@@H]3C(=O)OC(c2ccccc2)c2ccccc2)cc1. The third-order valence-electron chi connectivity index (χ3n) is 8.39. The Hall–Kier alpha value is -4.97. The van der Waals surface area contributed by atoms with Crippen LogP contribution in [0, 0.1) is 18.8 Å². The van der Waals surface area contributed by atoms with Crippen LogP contribution in [0.5, 0.6) is 0 Å². The highest BCUT2D eigenvalue weighted by atomic mass is 16.5. The zero-order valence-electron chi connectivity index (χ0n) is 22.5. The molecule has 0 aromatic heterocycles. The first kappa shape index (κ1) is 25.0. The van der Waals surface area contributed by atoms with Crippen molar-refractivity contribution in [2.45, 2.75) is 25.1 Å². The molecule has 4 aromatic carbocycles. The van der Waals surface area contributed by atoms with Gasteiger partial charge >= 0.3 is 5.97 Å². The number of anilines is 2. The van der Waals surface area contributed by atoms with E-state index in [1.54, 1.807) is 12.1 Å². The number of para-hydroxylation sites is 1. The fourth-order valence-corrected chi connectivity index (χ4v) is 6.50. The number of hydrogen-bond donors (Lipinski definition) is 0. The van der Waals surface area contributed by atoms with Crippen LogP contribution < -0.4 is 9.80 Å². The highest BCUT2D eigenvalue weighted by Crippen LogP contribution is 2.49. The molecule has 7 rings (SSSR count). The summed E-state index contributed by atoms with van der Waals surface area (Å²) in [4.78, 5) is 45.7. The van der Waals surface area contributed by atoms with E-state index in [1.165, 1.54) is 4.90 Å². The van der Waals surface area contributed by atoms with E-state index in [4.69, 9.17) is 4.74 Å². The van der Waals surface area contributed by atoms with Crippen molar-refractivity contribution in [1.29, 1.82) is 0 Å². The van der Waals surface area contributed by atoms with Gasteiger partial charge in [0.2, 0.25) is 11.8 Å². The molecule has 4 aromatic rings. The van der Waals surface area contributed by atoms with Gasteiger partial charge in [0.15, 0.2) is 6.10 Å². The van der Waals surface area contributed by atoms with E-state index in [9.17, 15) is 14.4 Å². The average Bonchev–Trinajstić information content (AvgIpc) is 3.49. The zero-order chi connectivity index (χ0) is 28.1. The Labute approximate surface area is 238 Å². The van der Waals surface area contributed by atoms with Gasteiger partial charge in [0, 0.05) is 5.69 Å². The van der Waals surface area contributed by atoms with Gasteiger partial charge in [-0.15, -0.1) is 0 Å². The van der Waals surface area contributed by atoms with Crippen molar-refractivity contribution in [3.8, 4) is 0 Å². The molecule has 0 bridgehead atoms. The van der Waals surface area contributed by atoms with E-state index >= 15 is 0 Å². The van der Waals surface area contributed by atoms with Gasteiger partial charge in [-0.1, -0.05) is 109 Å². The number of nitrogens with zero attached hydrogens (tertiary/aromatic N) is 2. The normalized spacial score (nSPS) is 22.5. The maximum Gasteiger partial charge on any atom is 0.330 e. The minimum atomic E-state index is -0.974. The molecule has 6 nitrogen and oxygen atoms in total. The quantitative estimate of drug-likeness (QED) is 0.239. The molecule has 41 heavy (non-hydrogen) atoms. The summed E-state index contributed by atoms with van der Waals surface area (Å²) in [5, 5.41) is 0. The predicted octanol–water partition coefficient (Wildman–Crippen LogP) is 5.72. The first-order chi connectivity index (χ1) is 20.0. The molecule has 6 heteroatoms. The highest BCUT2D eigenvalue weighted by molar-refractivity contribution is 6.24. The van der Waals surface area contributed by atoms with E-state index < -0.39 is 36.0 Å². The molecular formula is C35H28N2O4. The summed E-state index contributed by atoms with van der Waals surface area (Å²) in [5.74, 6) is -2.79. The van der Waals surface area contributed by atoms with Gasteiger partial charge in [-0.25, -0.2) is 9.69 Å². The number of ether oxygens (including phenoxy) is 1. The molecule has 3 aliphatic heterocycles. The molecule has 3 heterocycles. The summed E-state index contributed by atoms with van der Waals surface area (Å²) >= 11 is 0. The number of aryl methyl sites for hydroxylation is 1. The zero-order valence-corrected chi connectivity index (χ0v) is 22.5. The molecule has 2 saturated heterocycles. The molecule has 202 valence electrons. The lowest BCUT2D eigenvalue weighted by molar-refractivity contribution is -0.151. The van der Waals surface area contributed by atoms with Crippen LogP contribution in [0.25, 0.3) is 6.08 Å². The maximum atomic E-state index is 14.4. The molecule has 2 amide bonds. The van der Waals surface area contributed by atoms with Gasteiger partial charge in [-0.2, -0.15) is 0 Å². The van der Waals surface area contributed by atoms with Crippen LogP contribution in [0.1, 0.15) is 28.4 Å². The van der Waals surface area contributed by atoms with Crippen LogP contribution in [0.15, 0.2) is 115 Å². The van der Waals surface area contributed by atoms with Gasteiger partial charge in [-0.3, -0.25) is 9.59 Å². The standard InChI is InChI=1S/C35H28N2O4/c1-22-16-19-26(20-17-22)36-33(38)29-28-21-18-23-10-8-9-15-27(23)37(28)31(30(29)34(36)39)35(40)41-32(24-11-4-2-5-12-24)25-13-6-3-7-14-25/h2-21,28-32H,1H3/t28-,29-,30-,31+/m1/s1. The number of carbonyl (C=O) groups excluding carboxylic acids is 3. The summed E-state index contributed by atoms with van der Waals surface area (Å²) in [6.45, 7) is 1.95. The van der Waals surface area contributed by atoms with Crippen LogP contribution in [-0.4, -0.2) is 29.9 Å². The maximum absolute atomic E-state index is 14.4. The predicted molar refractivity (Wildman–Crippen MR) is 157 cm³/mol. The Morgan fingerprint density at radius 1 is 0.732 bits per heavy atom. The lowest BCUT2D eigenvalue weighted by Gasteiger charge is -2.36. The van der Waals surface area contributed by atoms with Gasteiger partial charge in [0.25, 0.3) is 0 Å². The Bertz CT molecular complexity index is 1630. The summed E-state index contributed by atoms with van der Waals surface area (Å²) in [5.41, 5.74) is 4.94. The smallest absolute Gasteiger partial charge is 0.330 e. The van der Waals surface area contributed by atoms with Gasteiger partial charge in [-0.05, 0) is 41.8 Å². The summed E-state index contributed by atoms with van der Waals surface area (Å²) in [7, 11) is 0. The average molecular weight is 541 g/mol. The van der Waals surface area contributed by atoms with Crippen molar-refractivity contribution in [3.05, 3.63) is 138 Å². The Balaban J connectivity index is 1.32. The van der Waals surface area contributed by atoms with Crippen molar-refractivity contribution in [2.24, 2.45) is 11.8 Å². The van der Waals surface area contributed by atoms with Crippen LogP contribution in [0.3, 0.4) is 0 Å². The van der Waals surface area contributed by atoms with Crippen LogP contribution in [0.2, 0.25) is 0 Å². The lowest BCUT2D eigenvalue weighted by atomic mass is 9.88. The molecule has 0 spiro atoms. The first-order valence-corrected chi connectivity index (χ1v) is 13.8. The van der Waals surface area contributed by atoms with Crippen molar-refractivity contribution in [1.82, 2.24) is 0 Å². The molecule has 4 atom stereocenters.